The molecule has 1 saturated heterocycles. The number of hydrogen-bond donors (Lipinski definition) is 2. The average molecular weight is 268 g/mol. The minimum atomic E-state index is 0.197. The molecule has 0 atom stereocenters. The second-order valence-corrected chi connectivity index (χ2v) is 6.73. The fourth-order valence-corrected chi connectivity index (χ4v) is 3.74. The summed E-state index contributed by atoms with van der Waals surface area (Å²) in [6.45, 7) is 8.55. The summed E-state index contributed by atoms with van der Waals surface area (Å²) in [7, 11) is 0. The normalized spacial score (nSPS) is 25.6. The Kier molecular flexibility index (Phi) is 6.11. The van der Waals surface area contributed by atoms with E-state index >= 15 is 0 Å². The van der Waals surface area contributed by atoms with Crippen LogP contribution in [-0.2, 0) is 0 Å². The van der Waals surface area contributed by atoms with Crippen LogP contribution in [0.4, 0.5) is 0 Å². The zero-order chi connectivity index (χ0) is 13.6. The Bertz CT molecular complexity index is 243. The van der Waals surface area contributed by atoms with Crippen molar-refractivity contribution in [3.8, 4) is 0 Å². The number of likely N-dealkylation sites (tertiary alicyclic amines) is 1. The van der Waals surface area contributed by atoms with E-state index < -0.39 is 0 Å². The maximum absolute atomic E-state index is 9.70. The molecule has 0 spiro atoms. The smallest absolute Gasteiger partial charge is 0.0499 e. The summed E-state index contributed by atoms with van der Waals surface area (Å²) in [6, 6.07) is 0. The van der Waals surface area contributed by atoms with Crippen LogP contribution in [0.15, 0.2) is 0 Å². The van der Waals surface area contributed by atoms with Crippen LogP contribution in [0.3, 0.4) is 0 Å². The first-order valence-corrected chi connectivity index (χ1v) is 8.32. The molecule has 2 rings (SSSR count). The van der Waals surface area contributed by atoms with E-state index in [1.807, 2.05) is 0 Å². The van der Waals surface area contributed by atoms with Gasteiger partial charge in [-0.3, -0.25) is 0 Å². The largest absolute Gasteiger partial charge is 0.396 e. The summed E-state index contributed by atoms with van der Waals surface area (Å²) in [5, 5.41) is 13.4. The highest BCUT2D eigenvalue weighted by Crippen LogP contribution is 2.35. The zero-order valence-electron chi connectivity index (χ0n) is 12.7. The predicted octanol–water partition coefficient (Wildman–Crippen LogP) is 2.25. The van der Waals surface area contributed by atoms with E-state index in [4.69, 9.17) is 0 Å². The topological polar surface area (TPSA) is 35.5 Å². The second kappa shape index (κ2) is 7.61. The predicted molar refractivity (Wildman–Crippen MR) is 80.3 cm³/mol. The van der Waals surface area contributed by atoms with Gasteiger partial charge in [-0.25, -0.2) is 0 Å². The summed E-state index contributed by atoms with van der Waals surface area (Å²) in [5.74, 6) is 0.849. The van der Waals surface area contributed by atoms with E-state index in [9.17, 15) is 5.11 Å². The van der Waals surface area contributed by atoms with E-state index in [1.54, 1.807) is 0 Å². The summed E-state index contributed by atoms with van der Waals surface area (Å²) >= 11 is 0. The Morgan fingerprint density at radius 1 is 1.16 bits per heavy atom. The van der Waals surface area contributed by atoms with Crippen molar-refractivity contribution in [3.63, 3.8) is 0 Å². The van der Waals surface area contributed by atoms with Crippen molar-refractivity contribution < 1.29 is 5.11 Å². The second-order valence-electron chi connectivity index (χ2n) is 6.73. The fourth-order valence-electron chi connectivity index (χ4n) is 3.74. The summed E-state index contributed by atoms with van der Waals surface area (Å²) in [6.07, 6.45) is 9.07. The van der Waals surface area contributed by atoms with Crippen LogP contribution in [0.1, 0.15) is 51.9 Å². The highest BCUT2D eigenvalue weighted by atomic mass is 16.3. The molecule has 1 aliphatic carbocycles. The van der Waals surface area contributed by atoms with Crippen molar-refractivity contribution in [1.82, 2.24) is 10.2 Å². The number of piperidine rings is 1. The minimum Gasteiger partial charge on any atom is -0.396 e. The van der Waals surface area contributed by atoms with Crippen molar-refractivity contribution in [2.45, 2.75) is 51.9 Å². The maximum Gasteiger partial charge on any atom is 0.0499 e. The molecule has 2 aliphatic rings. The molecule has 19 heavy (non-hydrogen) atoms. The van der Waals surface area contributed by atoms with Gasteiger partial charge < -0.3 is 15.3 Å². The van der Waals surface area contributed by atoms with Crippen LogP contribution in [-0.4, -0.2) is 49.3 Å². The number of hydrogen-bond acceptors (Lipinski definition) is 3. The summed E-state index contributed by atoms with van der Waals surface area (Å²) in [4.78, 5) is 2.55. The lowest BCUT2D eigenvalue weighted by Gasteiger charge is -2.37. The first kappa shape index (κ1) is 15.3. The molecular formula is C16H32N2O. The van der Waals surface area contributed by atoms with Crippen molar-refractivity contribution >= 4 is 0 Å². The Morgan fingerprint density at radius 2 is 1.84 bits per heavy atom. The maximum atomic E-state index is 9.70. The molecule has 0 aromatic heterocycles. The Hall–Kier alpha value is -0.120. The van der Waals surface area contributed by atoms with E-state index in [0.29, 0.717) is 6.61 Å². The molecule has 0 aromatic rings. The third kappa shape index (κ3) is 4.44. The van der Waals surface area contributed by atoms with E-state index in [0.717, 1.165) is 19.0 Å². The minimum absolute atomic E-state index is 0.197. The lowest BCUT2D eigenvalue weighted by Crippen LogP contribution is -2.42. The first-order valence-electron chi connectivity index (χ1n) is 8.32. The van der Waals surface area contributed by atoms with Gasteiger partial charge in [0.2, 0.25) is 0 Å². The quantitative estimate of drug-likeness (QED) is 0.775. The number of aliphatic hydroxyl groups excluding tert-OH is 1. The Balaban J connectivity index is 1.65. The van der Waals surface area contributed by atoms with Crippen molar-refractivity contribution in [3.05, 3.63) is 0 Å². The number of nitrogens with zero attached hydrogens (tertiary/aromatic N) is 1. The van der Waals surface area contributed by atoms with Gasteiger partial charge in [0.15, 0.2) is 0 Å². The highest BCUT2D eigenvalue weighted by molar-refractivity contribution is 4.85. The van der Waals surface area contributed by atoms with Gasteiger partial charge in [0.05, 0.1) is 0 Å². The third-order valence-electron chi connectivity index (χ3n) is 5.34. The van der Waals surface area contributed by atoms with Crippen LogP contribution in [0.25, 0.3) is 0 Å². The van der Waals surface area contributed by atoms with Gasteiger partial charge in [-0.2, -0.15) is 0 Å². The molecule has 0 radical (unpaired) electrons. The fraction of sp³-hybridized carbons (Fsp3) is 1.00. The van der Waals surface area contributed by atoms with E-state index in [-0.39, 0.29) is 5.41 Å². The van der Waals surface area contributed by atoms with Crippen LogP contribution >= 0.6 is 0 Å². The van der Waals surface area contributed by atoms with Crippen LogP contribution in [0.2, 0.25) is 0 Å². The molecule has 3 nitrogen and oxygen atoms in total. The lowest BCUT2D eigenvalue weighted by molar-refractivity contribution is 0.0787. The van der Waals surface area contributed by atoms with Gasteiger partial charge in [0.25, 0.3) is 0 Å². The van der Waals surface area contributed by atoms with Gasteiger partial charge in [-0.1, -0.05) is 26.2 Å². The van der Waals surface area contributed by atoms with Crippen molar-refractivity contribution in [1.29, 1.82) is 0 Å². The van der Waals surface area contributed by atoms with E-state index in [2.05, 4.69) is 17.1 Å². The zero-order valence-corrected chi connectivity index (χ0v) is 12.7. The molecular weight excluding hydrogens is 236 g/mol. The Morgan fingerprint density at radius 3 is 2.42 bits per heavy atom. The van der Waals surface area contributed by atoms with Crippen molar-refractivity contribution in [2.24, 2.45) is 11.3 Å². The molecule has 112 valence electrons. The van der Waals surface area contributed by atoms with Crippen molar-refractivity contribution in [2.75, 3.05) is 39.3 Å². The molecule has 0 bridgehead atoms. The van der Waals surface area contributed by atoms with Gasteiger partial charge in [-0.15, -0.1) is 0 Å². The Labute approximate surface area is 118 Å². The molecule has 2 N–H and O–H groups in total. The monoisotopic (exact) mass is 268 g/mol. The van der Waals surface area contributed by atoms with Gasteiger partial charge in [0, 0.05) is 18.6 Å². The molecule has 1 heterocycles. The van der Waals surface area contributed by atoms with Crippen LogP contribution in [0.5, 0.6) is 0 Å². The average Bonchev–Trinajstić information content (AvgIpc) is 2.49. The first-order chi connectivity index (χ1) is 9.28. The van der Waals surface area contributed by atoms with E-state index in [1.165, 1.54) is 64.6 Å². The number of nitrogens with one attached hydrogen (secondary N) is 1. The van der Waals surface area contributed by atoms with Gasteiger partial charge in [-0.05, 0) is 57.8 Å². The lowest BCUT2D eigenvalue weighted by atomic mass is 9.74. The number of aliphatic hydroxyl groups is 1. The molecule has 1 saturated carbocycles. The van der Waals surface area contributed by atoms with Crippen LogP contribution < -0.4 is 5.32 Å². The molecule has 0 aromatic carbocycles. The van der Waals surface area contributed by atoms with Gasteiger partial charge in [0.1, 0.15) is 0 Å². The SMILES string of the molecule is CCN1CCC(CNCC2(CO)CCCCC2)CC1. The summed E-state index contributed by atoms with van der Waals surface area (Å²) in [5.41, 5.74) is 0.197. The van der Waals surface area contributed by atoms with Crippen LogP contribution in [0, 0.1) is 11.3 Å². The molecule has 3 heteroatoms. The van der Waals surface area contributed by atoms with Gasteiger partial charge >= 0.3 is 0 Å². The standard InChI is InChI=1S/C16H32N2O/c1-2-18-10-6-15(7-11-18)12-17-13-16(14-19)8-4-3-5-9-16/h15,17,19H,2-14H2,1H3. The molecule has 0 unspecified atom stereocenters. The molecule has 0 amide bonds. The molecule has 2 fully saturated rings. The molecule has 1 aliphatic heterocycles. The number of rotatable bonds is 6. The summed E-state index contributed by atoms with van der Waals surface area (Å²) < 4.78 is 0. The highest BCUT2D eigenvalue weighted by Gasteiger charge is 2.31. The third-order valence-corrected chi connectivity index (χ3v) is 5.34.